The highest BCUT2D eigenvalue weighted by Gasteiger charge is 2.49. The van der Waals surface area contributed by atoms with Crippen molar-refractivity contribution in [2.24, 2.45) is 0 Å². The van der Waals surface area contributed by atoms with E-state index in [4.69, 9.17) is 9.47 Å². The molecular formula is C17H16FNO7S. The van der Waals surface area contributed by atoms with Crippen LogP contribution >= 0.6 is 0 Å². The SMILES string of the molecule is O=C(O)C1(NS(=O)(=O)c2ccc(Oc3ccc(F)cc3)cc2)COC(O)C1. The number of carboxylic acid groups (broad SMARTS) is 1. The predicted octanol–water partition coefficient (Wildman–Crippen LogP) is 1.46. The monoisotopic (exact) mass is 397 g/mol. The molecule has 2 unspecified atom stereocenters. The van der Waals surface area contributed by atoms with Gasteiger partial charge in [-0.25, -0.2) is 12.8 Å². The van der Waals surface area contributed by atoms with E-state index in [1.807, 2.05) is 0 Å². The summed E-state index contributed by atoms with van der Waals surface area (Å²) in [7, 11) is -4.19. The topological polar surface area (TPSA) is 122 Å². The Morgan fingerprint density at radius 3 is 2.19 bits per heavy atom. The summed E-state index contributed by atoms with van der Waals surface area (Å²) >= 11 is 0. The van der Waals surface area contributed by atoms with Gasteiger partial charge < -0.3 is 19.7 Å². The maximum absolute atomic E-state index is 12.9. The lowest BCUT2D eigenvalue weighted by Gasteiger charge is -2.23. The van der Waals surface area contributed by atoms with Gasteiger partial charge in [0.1, 0.15) is 17.3 Å². The molecule has 1 heterocycles. The molecule has 0 spiro atoms. The fraction of sp³-hybridized carbons (Fsp3) is 0.235. The van der Waals surface area contributed by atoms with Gasteiger partial charge in [-0.15, -0.1) is 0 Å². The van der Waals surface area contributed by atoms with Gasteiger partial charge in [-0.3, -0.25) is 4.79 Å². The zero-order valence-corrected chi connectivity index (χ0v) is 14.6. The largest absolute Gasteiger partial charge is 0.480 e. The maximum atomic E-state index is 12.9. The predicted molar refractivity (Wildman–Crippen MR) is 90.2 cm³/mol. The third kappa shape index (κ3) is 4.25. The van der Waals surface area contributed by atoms with Gasteiger partial charge in [-0.1, -0.05) is 0 Å². The van der Waals surface area contributed by atoms with Crippen LogP contribution in [-0.4, -0.2) is 43.0 Å². The Balaban J connectivity index is 1.77. The Morgan fingerprint density at radius 1 is 1.15 bits per heavy atom. The molecule has 0 aromatic heterocycles. The molecule has 2 aromatic carbocycles. The van der Waals surface area contributed by atoms with Crippen molar-refractivity contribution in [1.29, 1.82) is 0 Å². The third-order valence-electron chi connectivity index (χ3n) is 3.97. The van der Waals surface area contributed by atoms with Gasteiger partial charge in [0.2, 0.25) is 10.0 Å². The van der Waals surface area contributed by atoms with Crippen molar-refractivity contribution in [2.75, 3.05) is 6.61 Å². The van der Waals surface area contributed by atoms with E-state index in [-0.39, 0.29) is 4.90 Å². The smallest absolute Gasteiger partial charge is 0.327 e. The van der Waals surface area contributed by atoms with Crippen molar-refractivity contribution >= 4 is 16.0 Å². The molecule has 3 rings (SSSR count). The Kier molecular flexibility index (Phi) is 5.16. The molecule has 8 nitrogen and oxygen atoms in total. The average molecular weight is 397 g/mol. The highest BCUT2D eigenvalue weighted by atomic mass is 32.2. The molecule has 1 saturated heterocycles. The number of hydrogen-bond acceptors (Lipinski definition) is 6. The van der Waals surface area contributed by atoms with E-state index in [2.05, 4.69) is 4.72 Å². The van der Waals surface area contributed by atoms with E-state index >= 15 is 0 Å². The Morgan fingerprint density at radius 2 is 1.70 bits per heavy atom. The molecule has 10 heteroatoms. The molecule has 0 bridgehead atoms. The number of carboxylic acids is 1. The number of benzene rings is 2. The van der Waals surface area contributed by atoms with Gasteiger partial charge in [-0.05, 0) is 48.5 Å². The molecule has 0 radical (unpaired) electrons. The number of aliphatic carboxylic acids is 1. The van der Waals surface area contributed by atoms with Crippen molar-refractivity contribution in [1.82, 2.24) is 4.72 Å². The zero-order valence-electron chi connectivity index (χ0n) is 13.8. The second kappa shape index (κ2) is 7.24. The van der Waals surface area contributed by atoms with E-state index in [0.29, 0.717) is 11.5 Å². The summed E-state index contributed by atoms with van der Waals surface area (Å²) < 4.78 is 50.3. The molecule has 0 aliphatic carbocycles. The summed E-state index contributed by atoms with van der Waals surface area (Å²) in [5, 5.41) is 18.8. The number of sulfonamides is 1. The highest BCUT2D eigenvalue weighted by Crippen LogP contribution is 2.27. The molecule has 1 aliphatic heterocycles. The summed E-state index contributed by atoms with van der Waals surface area (Å²) in [6.45, 7) is -0.492. The second-order valence-electron chi connectivity index (χ2n) is 5.99. The maximum Gasteiger partial charge on any atom is 0.327 e. The van der Waals surface area contributed by atoms with Crippen LogP contribution in [0.15, 0.2) is 53.4 Å². The molecule has 3 N–H and O–H groups in total. The van der Waals surface area contributed by atoms with E-state index in [0.717, 1.165) is 0 Å². The third-order valence-corrected chi connectivity index (χ3v) is 5.52. The number of nitrogens with one attached hydrogen (secondary N) is 1. The average Bonchev–Trinajstić information content (AvgIpc) is 2.99. The van der Waals surface area contributed by atoms with Crippen molar-refractivity contribution in [3.8, 4) is 11.5 Å². The molecule has 0 amide bonds. The number of aliphatic hydroxyl groups is 1. The first kappa shape index (κ1) is 19.2. The van der Waals surface area contributed by atoms with Crippen molar-refractivity contribution < 1.29 is 37.3 Å². The van der Waals surface area contributed by atoms with Gasteiger partial charge in [0, 0.05) is 6.42 Å². The Hall–Kier alpha value is -2.53. The second-order valence-corrected chi connectivity index (χ2v) is 7.67. The standard InChI is InChI=1S/C17H16FNO7S/c18-11-1-3-12(4-2-11)26-13-5-7-14(8-6-13)27(23,24)19-17(16(21)22)9-15(20)25-10-17/h1-8,15,19-20H,9-10H2,(H,21,22). The first-order chi connectivity index (χ1) is 12.7. The minimum Gasteiger partial charge on any atom is -0.480 e. The fourth-order valence-electron chi connectivity index (χ4n) is 2.56. The van der Waals surface area contributed by atoms with Crippen LogP contribution in [0.5, 0.6) is 11.5 Å². The van der Waals surface area contributed by atoms with Gasteiger partial charge >= 0.3 is 5.97 Å². The number of rotatable bonds is 6. The molecule has 144 valence electrons. The highest BCUT2D eigenvalue weighted by molar-refractivity contribution is 7.89. The molecule has 27 heavy (non-hydrogen) atoms. The van der Waals surface area contributed by atoms with Crippen LogP contribution < -0.4 is 9.46 Å². The Bertz CT molecular complexity index is 931. The summed E-state index contributed by atoms with van der Waals surface area (Å²) in [5.41, 5.74) is -1.94. The summed E-state index contributed by atoms with van der Waals surface area (Å²) in [6, 6.07) is 10.5. The summed E-state index contributed by atoms with van der Waals surface area (Å²) in [6.07, 6.45) is -1.77. The van der Waals surface area contributed by atoms with E-state index < -0.39 is 46.7 Å². The molecule has 2 atom stereocenters. The zero-order chi connectivity index (χ0) is 19.7. The van der Waals surface area contributed by atoms with E-state index in [1.54, 1.807) is 0 Å². The van der Waals surface area contributed by atoms with Gasteiger partial charge in [0.25, 0.3) is 0 Å². The van der Waals surface area contributed by atoms with E-state index in [1.165, 1.54) is 48.5 Å². The minimum atomic E-state index is -4.19. The fourth-order valence-corrected chi connectivity index (χ4v) is 3.92. The van der Waals surface area contributed by atoms with Crippen molar-refractivity contribution in [3.05, 3.63) is 54.3 Å². The van der Waals surface area contributed by atoms with Gasteiger partial charge in [0.15, 0.2) is 11.8 Å². The molecule has 0 saturated carbocycles. The lowest BCUT2D eigenvalue weighted by atomic mass is 10.0. The lowest BCUT2D eigenvalue weighted by molar-refractivity contribution is -0.144. The lowest BCUT2D eigenvalue weighted by Crippen LogP contribution is -2.55. The molecule has 1 fully saturated rings. The van der Waals surface area contributed by atoms with Crippen LogP contribution in [-0.2, 0) is 19.6 Å². The first-order valence-corrected chi connectivity index (χ1v) is 9.29. The number of halogens is 1. The summed E-state index contributed by atoms with van der Waals surface area (Å²) in [4.78, 5) is 11.3. The van der Waals surface area contributed by atoms with Crippen LogP contribution in [0.25, 0.3) is 0 Å². The summed E-state index contributed by atoms with van der Waals surface area (Å²) in [5.74, 6) is -1.18. The van der Waals surface area contributed by atoms with Crippen molar-refractivity contribution in [3.63, 3.8) is 0 Å². The van der Waals surface area contributed by atoms with Crippen LogP contribution in [0, 0.1) is 5.82 Å². The number of hydrogen-bond donors (Lipinski definition) is 3. The van der Waals surface area contributed by atoms with Crippen LogP contribution in [0.3, 0.4) is 0 Å². The van der Waals surface area contributed by atoms with Gasteiger partial charge in [-0.2, -0.15) is 4.72 Å². The molecule has 2 aromatic rings. The first-order valence-electron chi connectivity index (χ1n) is 7.81. The van der Waals surface area contributed by atoms with E-state index in [9.17, 15) is 27.8 Å². The van der Waals surface area contributed by atoms with Gasteiger partial charge in [0.05, 0.1) is 11.5 Å². The molecule has 1 aliphatic rings. The normalized spacial score (nSPS) is 22.5. The molecular weight excluding hydrogens is 381 g/mol. The number of carbonyl (C=O) groups is 1. The number of aliphatic hydroxyl groups excluding tert-OH is 1. The minimum absolute atomic E-state index is 0.184. The van der Waals surface area contributed by atoms with Crippen LogP contribution in [0.4, 0.5) is 4.39 Å². The quantitative estimate of drug-likeness (QED) is 0.674. The van der Waals surface area contributed by atoms with Crippen molar-refractivity contribution in [2.45, 2.75) is 23.1 Å². The Labute approximate surface area is 154 Å². The van der Waals surface area contributed by atoms with Crippen LogP contribution in [0.1, 0.15) is 6.42 Å². The number of ether oxygens (including phenoxy) is 2. The van der Waals surface area contributed by atoms with Crippen LogP contribution in [0.2, 0.25) is 0 Å².